The van der Waals surface area contributed by atoms with Crippen LogP contribution in [0.4, 0.5) is 4.39 Å². The van der Waals surface area contributed by atoms with E-state index in [4.69, 9.17) is 0 Å². The normalized spacial score (nSPS) is 22.9. The van der Waals surface area contributed by atoms with E-state index in [0.29, 0.717) is 5.92 Å². The van der Waals surface area contributed by atoms with Gasteiger partial charge in [-0.05, 0) is 55.4 Å². The van der Waals surface area contributed by atoms with E-state index < -0.39 is 0 Å². The molecule has 0 spiro atoms. The van der Waals surface area contributed by atoms with Gasteiger partial charge in [0, 0.05) is 16.7 Å². The predicted molar refractivity (Wildman–Crippen MR) is 86.9 cm³/mol. The molecule has 0 bridgehead atoms. The van der Waals surface area contributed by atoms with Crippen molar-refractivity contribution < 1.29 is 5.82 Å². The molecule has 0 aliphatic heterocycles. The van der Waals surface area contributed by atoms with Crippen molar-refractivity contribution in [2.75, 3.05) is 0 Å². The lowest BCUT2D eigenvalue weighted by atomic mass is 9.79. The third kappa shape index (κ3) is 2.80. The van der Waals surface area contributed by atoms with Gasteiger partial charge in [0.2, 0.25) is 0 Å². The Morgan fingerprint density at radius 1 is 1.10 bits per heavy atom. The molecule has 0 amide bonds. The summed E-state index contributed by atoms with van der Waals surface area (Å²) in [5, 5.41) is 0. The second-order valence-corrected chi connectivity index (χ2v) is 7.39. The van der Waals surface area contributed by atoms with Crippen molar-refractivity contribution in [1.82, 2.24) is 0 Å². The maximum Gasteiger partial charge on any atom is 0.132 e. The molecule has 2 heteroatoms. The standard InChI is InChI=1S/C18H21FS.H2/c1-12-3-6-14(7-4-12)15-8-9-16(17(19)11-15)18-10-5-13(2)20-18;/h5,8-12,14H,3-4,6-7H2,1-2H3;1H. The summed E-state index contributed by atoms with van der Waals surface area (Å²) in [4.78, 5) is 2.26. The Balaban J connectivity index is 0.00000161. The highest BCUT2D eigenvalue weighted by Crippen LogP contribution is 2.37. The Bertz CT molecular complexity index is 597. The van der Waals surface area contributed by atoms with E-state index in [1.54, 1.807) is 17.4 Å². The van der Waals surface area contributed by atoms with Crippen LogP contribution in [-0.2, 0) is 0 Å². The molecule has 1 aromatic carbocycles. The van der Waals surface area contributed by atoms with E-state index in [1.165, 1.54) is 36.1 Å². The minimum Gasteiger partial charge on any atom is -0.206 e. The number of hydrogen-bond acceptors (Lipinski definition) is 1. The first-order chi connectivity index (χ1) is 9.63. The number of aryl methyl sites for hydroxylation is 1. The van der Waals surface area contributed by atoms with Gasteiger partial charge in [-0.25, -0.2) is 4.39 Å². The molecule has 1 aliphatic rings. The van der Waals surface area contributed by atoms with E-state index in [0.717, 1.165) is 16.4 Å². The number of benzene rings is 1. The molecular formula is C18H23FS. The van der Waals surface area contributed by atoms with Gasteiger partial charge in [0.15, 0.2) is 0 Å². The molecule has 1 saturated carbocycles. The van der Waals surface area contributed by atoms with Crippen LogP contribution < -0.4 is 0 Å². The zero-order chi connectivity index (χ0) is 14.1. The zero-order valence-electron chi connectivity index (χ0n) is 12.2. The third-order valence-corrected chi connectivity index (χ3v) is 5.52. The Morgan fingerprint density at radius 2 is 1.85 bits per heavy atom. The molecule has 0 radical (unpaired) electrons. The van der Waals surface area contributed by atoms with Crippen LogP contribution in [0, 0.1) is 18.7 Å². The number of halogens is 1. The second-order valence-electron chi connectivity index (χ2n) is 6.11. The van der Waals surface area contributed by atoms with Gasteiger partial charge in [-0.1, -0.05) is 31.9 Å². The lowest BCUT2D eigenvalue weighted by Crippen LogP contribution is -2.11. The number of thiophene rings is 1. The molecule has 0 nitrogen and oxygen atoms in total. The quantitative estimate of drug-likeness (QED) is 0.600. The second kappa shape index (κ2) is 5.69. The summed E-state index contributed by atoms with van der Waals surface area (Å²) in [7, 11) is 0. The minimum absolute atomic E-state index is 0. The number of rotatable bonds is 2. The Morgan fingerprint density at radius 3 is 2.45 bits per heavy atom. The highest BCUT2D eigenvalue weighted by atomic mass is 32.1. The third-order valence-electron chi connectivity index (χ3n) is 4.49. The van der Waals surface area contributed by atoms with Crippen LogP contribution in [0.15, 0.2) is 30.3 Å². The average Bonchev–Trinajstić information content (AvgIpc) is 2.86. The lowest BCUT2D eigenvalue weighted by Gasteiger charge is -2.26. The molecule has 2 aromatic rings. The molecular weight excluding hydrogens is 267 g/mol. The van der Waals surface area contributed by atoms with E-state index in [2.05, 4.69) is 26.0 Å². The summed E-state index contributed by atoms with van der Waals surface area (Å²) in [5.41, 5.74) is 1.93. The molecule has 1 fully saturated rings. The minimum atomic E-state index is -0.0667. The first kappa shape index (κ1) is 13.8. The Hall–Kier alpha value is -1.15. The fourth-order valence-electron chi connectivity index (χ4n) is 3.16. The van der Waals surface area contributed by atoms with Crippen molar-refractivity contribution >= 4 is 11.3 Å². The highest BCUT2D eigenvalue weighted by molar-refractivity contribution is 7.15. The summed E-state index contributed by atoms with van der Waals surface area (Å²) < 4.78 is 14.4. The molecule has 1 aromatic heterocycles. The van der Waals surface area contributed by atoms with Crippen LogP contribution in [0.25, 0.3) is 10.4 Å². The molecule has 0 atom stereocenters. The average molecular weight is 290 g/mol. The molecule has 20 heavy (non-hydrogen) atoms. The molecule has 0 N–H and O–H groups in total. The maximum atomic E-state index is 14.4. The molecule has 3 rings (SSSR count). The predicted octanol–water partition coefficient (Wildman–Crippen LogP) is 6.40. The van der Waals surface area contributed by atoms with E-state index in [-0.39, 0.29) is 7.24 Å². The molecule has 1 heterocycles. The van der Waals surface area contributed by atoms with Crippen LogP contribution in [-0.4, -0.2) is 0 Å². The molecule has 1 aliphatic carbocycles. The van der Waals surface area contributed by atoms with Crippen LogP contribution >= 0.6 is 11.3 Å². The van der Waals surface area contributed by atoms with E-state index >= 15 is 0 Å². The van der Waals surface area contributed by atoms with Gasteiger partial charge in [-0.15, -0.1) is 11.3 Å². The lowest BCUT2D eigenvalue weighted by molar-refractivity contribution is 0.347. The zero-order valence-corrected chi connectivity index (χ0v) is 13.0. The molecule has 108 valence electrons. The van der Waals surface area contributed by atoms with Gasteiger partial charge in [-0.3, -0.25) is 0 Å². The monoisotopic (exact) mass is 290 g/mol. The Kier molecular flexibility index (Phi) is 3.93. The van der Waals surface area contributed by atoms with Crippen LogP contribution in [0.3, 0.4) is 0 Å². The highest BCUT2D eigenvalue weighted by Gasteiger charge is 2.20. The van der Waals surface area contributed by atoms with Gasteiger partial charge >= 0.3 is 0 Å². The van der Waals surface area contributed by atoms with Crippen molar-refractivity contribution in [3.8, 4) is 10.4 Å². The van der Waals surface area contributed by atoms with Gasteiger partial charge in [0.1, 0.15) is 5.82 Å². The first-order valence-corrected chi connectivity index (χ1v) is 8.31. The van der Waals surface area contributed by atoms with Crippen molar-refractivity contribution in [1.29, 1.82) is 0 Å². The van der Waals surface area contributed by atoms with Crippen molar-refractivity contribution in [2.45, 2.75) is 45.4 Å². The van der Waals surface area contributed by atoms with Crippen molar-refractivity contribution in [3.63, 3.8) is 0 Å². The smallest absolute Gasteiger partial charge is 0.132 e. The number of hydrogen-bond donors (Lipinski definition) is 0. The Labute approximate surface area is 126 Å². The fourth-order valence-corrected chi connectivity index (χ4v) is 4.05. The summed E-state index contributed by atoms with van der Waals surface area (Å²) in [6.45, 7) is 4.38. The summed E-state index contributed by atoms with van der Waals surface area (Å²) >= 11 is 1.66. The fraction of sp³-hybridized carbons (Fsp3) is 0.444. The molecule has 0 saturated heterocycles. The van der Waals surface area contributed by atoms with Crippen LogP contribution in [0.2, 0.25) is 0 Å². The van der Waals surface area contributed by atoms with Gasteiger partial charge < -0.3 is 0 Å². The van der Waals surface area contributed by atoms with Gasteiger partial charge in [-0.2, -0.15) is 0 Å². The summed E-state index contributed by atoms with van der Waals surface area (Å²) in [6.07, 6.45) is 4.96. The first-order valence-electron chi connectivity index (χ1n) is 7.49. The van der Waals surface area contributed by atoms with E-state index in [9.17, 15) is 4.39 Å². The van der Waals surface area contributed by atoms with Crippen molar-refractivity contribution in [3.05, 3.63) is 46.6 Å². The van der Waals surface area contributed by atoms with Gasteiger partial charge in [0.05, 0.1) is 0 Å². The summed E-state index contributed by atoms with van der Waals surface area (Å²) in [5.74, 6) is 1.33. The van der Waals surface area contributed by atoms with E-state index in [1.807, 2.05) is 12.1 Å². The SMILES string of the molecule is Cc1ccc(-c2ccc(C3CCC(C)CC3)cc2F)s1.[HH]. The topological polar surface area (TPSA) is 0 Å². The van der Waals surface area contributed by atoms with Crippen LogP contribution in [0.5, 0.6) is 0 Å². The maximum absolute atomic E-state index is 14.4. The molecule has 0 unspecified atom stereocenters. The van der Waals surface area contributed by atoms with Gasteiger partial charge in [0.25, 0.3) is 0 Å². The summed E-state index contributed by atoms with van der Waals surface area (Å²) in [6, 6.07) is 9.93. The van der Waals surface area contributed by atoms with Crippen molar-refractivity contribution in [2.24, 2.45) is 5.92 Å². The van der Waals surface area contributed by atoms with Crippen LogP contribution in [0.1, 0.15) is 50.4 Å². The largest absolute Gasteiger partial charge is 0.206 e.